The number of alkyl halides is 3. The predicted octanol–water partition coefficient (Wildman–Crippen LogP) is 2.64. The lowest BCUT2D eigenvalue weighted by molar-refractivity contribution is -0.274. The lowest BCUT2D eigenvalue weighted by Crippen LogP contribution is -2.24. The highest BCUT2D eigenvalue weighted by Gasteiger charge is 2.35. The number of benzene rings is 1. The minimum absolute atomic E-state index is 0.0249. The van der Waals surface area contributed by atoms with Crippen LogP contribution >= 0.6 is 0 Å². The first-order valence-corrected chi connectivity index (χ1v) is 6.15. The van der Waals surface area contributed by atoms with Crippen molar-refractivity contribution in [2.45, 2.75) is 25.8 Å². The summed E-state index contributed by atoms with van der Waals surface area (Å²) < 4.78 is 45.7. The zero-order chi connectivity index (χ0) is 15.5. The molecule has 1 atom stereocenters. The molecule has 0 amide bonds. The Kier molecular flexibility index (Phi) is 4.35. The van der Waals surface area contributed by atoms with Crippen LogP contribution in [0, 0.1) is 0 Å². The Morgan fingerprint density at radius 2 is 2.14 bits per heavy atom. The van der Waals surface area contributed by atoms with Crippen LogP contribution in [0.2, 0.25) is 0 Å². The van der Waals surface area contributed by atoms with E-state index < -0.39 is 24.2 Å². The summed E-state index contributed by atoms with van der Waals surface area (Å²) in [5, 5.41) is 3.65. The van der Waals surface area contributed by atoms with Crippen LogP contribution in [0.5, 0.6) is 5.75 Å². The van der Waals surface area contributed by atoms with Gasteiger partial charge in [0.05, 0.1) is 12.3 Å². The lowest BCUT2D eigenvalue weighted by Gasteiger charge is -2.12. The first-order valence-electron chi connectivity index (χ1n) is 6.15. The van der Waals surface area contributed by atoms with Crippen LogP contribution < -0.4 is 4.74 Å². The Bertz CT molecular complexity index is 557. The predicted molar refractivity (Wildman–Crippen MR) is 65.8 cm³/mol. The fourth-order valence-corrected chi connectivity index (χ4v) is 1.82. The average Bonchev–Trinajstić information content (AvgIpc) is 2.87. The molecule has 5 nitrogen and oxygen atoms in total. The highest BCUT2D eigenvalue weighted by Crippen LogP contribution is 2.29. The third-order valence-corrected chi connectivity index (χ3v) is 2.64. The van der Waals surface area contributed by atoms with Crippen molar-refractivity contribution < 1.29 is 32.3 Å². The van der Waals surface area contributed by atoms with Gasteiger partial charge in [-0.2, -0.15) is 0 Å². The molecule has 1 heterocycles. The fraction of sp³-hybridized carbons (Fsp3) is 0.385. The van der Waals surface area contributed by atoms with Crippen LogP contribution in [-0.2, 0) is 14.4 Å². The Morgan fingerprint density at radius 3 is 2.81 bits per heavy atom. The first-order chi connectivity index (χ1) is 9.90. The highest BCUT2D eigenvalue weighted by atomic mass is 19.4. The van der Waals surface area contributed by atoms with Crippen molar-refractivity contribution in [3.8, 4) is 5.75 Å². The van der Waals surface area contributed by atoms with Crippen LogP contribution in [0.25, 0.3) is 0 Å². The van der Waals surface area contributed by atoms with Crippen molar-refractivity contribution in [2.24, 2.45) is 5.16 Å². The van der Waals surface area contributed by atoms with Gasteiger partial charge in [0.2, 0.25) is 6.10 Å². The van der Waals surface area contributed by atoms with E-state index >= 15 is 0 Å². The molecule has 21 heavy (non-hydrogen) atoms. The summed E-state index contributed by atoms with van der Waals surface area (Å²) in [6.45, 7) is 1.82. The summed E-state index contributed by atoms with van der Waals surface area (Å²) in [5.41, 5.74) is 0.328. The van der Waals surface area contributed by atoms with Gasteiger partial charge in [-0.15, -0.1) is 13.2 Å². The van der Waals surface area contributed by atoms with Crippen molar-refractivity contribution in [1.29, 1.82) is 0 Å². The number of nitrogens with zero attached hydrogens (tertiary/aromatic N) is 1. The van der Waals surface area contributed by atoms with Crippen molar-refractivity contribution in [3.63, 3.8) is 0 Å². The second-order valence-corrected chi connectivity index (χ2v) is 4.13. The molecule has 0 spiro atoms. The molecular weight excluding hydrogens is 291 g/mol. The topological polar surface area (TPSA) is 57.1 Å². The molecule has 114 valence electrons. The Balaban J connectivity index is 2.15. The summed E-state index contributed by atoms with van der Waals surface area (Å²) in [5.74, 6) is -0.998. The van der Waals surface area contributed by atoms with Crippen molar-refractivity contribution in [2.75, 3.05) is 6.61 Å². The van der Waals surface area contributed by atoms with E-state index in [9.17, 15) is 18.0 Å². The summed E-state index contributed by atoms with van der Waals surface area (Å²) >= 11 is 0. The van der Waals surface area contributed by atoms with Crippen LogP contribution in [0.1, 0.15) is 18.9 Å². The van der Waals surface area contributed by atoms with Crippen LogP contribution in [-0.4, -0.2) is 30.8 Å². The number of esters is 1. The van der Waals surface area contributed by atoms with Gasteiger partial charge in [0.1, 0.15) is 5.75 Å². The van der Waals surface area contributed by atoms with Gasteiger partial charge < -0.3 is 14.3 Å². The number of ether oxygens (including phenoxy) is 2. The van der Waals surface area contributed by atoms with Crippen molar-refractivity contribution in [1.82, 2.24) is 0 Å². The van der Waals surface area contributed by atoms with E-state index in [2.05, 4.69) is 9.89 Å². The van der Waals surface area contributed by atoms with Crippen LogP contribution in [0.4, 0.5) is 13.2 Å². The molecule has 2 rings (SSSR count). The van der Waals surface area contributed by atoms with E-state index in [-0.39, 0.29) is 24.3 Å². The smallest absolute Gasteiger partial charge is 0.463 e. The summed E-state index contributed by atoms with van der Waals surface area (Å²) in [6, 6.07) is 5.53. The van der Waals surface area contributed by atoms with Crippen molar-refractivity contribution in [3.05, 3.63) is 29.8 Å². The largest absolute Gasteiger partial charge is 0.573 e. The van der Waals surface area contributed by atoms with E-state index in [0.717, 1.165) is 0 Å². The molecule has 0 saturated heterocycles. The molecule has 1 aromatic rings. The normalized spacial score (nSPS) is 17.9. The number of hydrogen-bond acceptors (Lipinski definition) is 5. The van der Waals surface area contributed by atoms with Crippen LogP contribution in [0.3, 0.4) is 0 Å². The third-order valence-electron chi connectivity index (χ3n) is 2.64. The van der Waals surface area contributed by atoms with Gasteiger partial charge in [-0.25, -0.2) is 4.79 Å². The van der Waals surface area contributed by atoms with Gasteiger partial charge in [0.25, 0.3) is 0 Å². The third kappa shape index (κ3) is 3.87. The maximum atomic E-state index is 12.3. The van der Waals surface area contributed by atoms with E-state index in [0.29, 0.717) is 0 Å². The molecule has 1 aliphatic heterocycles. The van der Waals surface area contributed by atoms with Crippen LogP contribution in [0.15, 0.2) is 29.4 Å². The zero-order valence-electron chi connectivity index (χ0n) is 11.0. The molecule has 0 aliphatic carbocycles. The van der Waals surface area contributed by atoms with E-state index in [4.69, 9.17) is 9.57 Å². The number of hydrogen-bond donors (Lipinski definition) is 0. The van der Waals surface area contributed by atoms with E-state index in [1.165, 1.54) is 18.2 Å². The van der Waals surface area contributed by atoms with Gasteiger partial charge in [0.15, 0.2) is 0 Å². The lowest BCUT2D eigenvalue weighted by atomic mass is 10.0. The van der Waals surface area contributed by atoms with E-state index in [1.807, 2.05) is 0 Å². The monoisotopic (exact) mass is 303 g/mol. The molecule has 0 bridgehead atoms. The highest BCUT2D eigenvalue weighted by molar-refractivity contribution is 6.05. The number of para-hydroxylation sites is 1. The molecule has 0 aromatic heterocycles. The molecule has 0 radical (unpaired) electrons. The molecule has 0 saturated carbocycles. The number of carbonyl (C=O) groups excluding carboxylic acids is 1. The molecule has 1 aliphatic rings. The molecule has 1 unspecified atom stereocenters. The summed E-state index contributed by atoms with van der Waals surface area (Å²) in [6.07, 6.45) is -5.73. The van der Waals surface area contributed by atoms with Gasteiger partial charge in [-0.05, 0) is 19.1 Å². The van der Waals surface area contributed by atoms with Gasteiger partial charge in [0, 0.05) is 12.0 Å². The quantitative estimate of drug-likeness (QED) is 0.802. The zero-order valence-corrected chi connectivity index (χ0v) is 11.0. The standard InChI is InChI=1S/C13H12F3NO4/c1-2-19-12(18)11-7-9(17-21-11)8-5-3-4-6-10(8)20-13(14,15)16/h3-6,11H,2,7H2,1H3. The maximum absolute atomic E-state index is 12.3. The Hall–Kier alpha value is -2.25. The Morgan fingerprint density at radius 1 is 1.43 bits per heavy atom. The number of halogens is 3. The molecule has 8 heteroatoms. The number of carbonyl (C=O) groups is 1. The minimum atomic E-state index is -4.81. The summed E-state index contributed by atoms with van der Waals surface area (Å²) in [7, 11) is 0. The second kappa shape index (κ2) is 6.02. The molecule has 0 N–H and O–H groups in total. The Labute approximate surface area is 118 Å². The van der Waals surface area contributed by atoms with Crippen molar-refractivity contribution >= 4 is 11.7 Å². The molecular formula is C13H12F3NO4. The van der Waals surface area contributed by atoms with Gasteiger partial charge in [-0.1, -0.05) is 17.3 Å². The van der Waals surface area contributed by atoms with Gasteiger partial charge in [-0.3, -0.25) is 0 Å². The van der Waals surface area contributed by atoms with Gasteiger partial charge >= 0.3 is 12.3 Å². The number of oxime groups is 1. The maximum Gasteiger partial charge on any atom is 0.573 e. The average molecular weight is 303 g/mol. The molecule has 0 fully saturated rings. The first kappa shape index (κ1) is 15.1. The number of rotatable bonds is 4. The minimum Gasteiger partial charge on any atom is -0.463 e. The van der Waals surface area contributed by atoms with E-state index in [1.54, 1.807) is 13.0 Å². The molecule has 1 aromatic carbocycles. The summed E-state index contributed by atoms with van der Waals surface area (Å²) in [4.78, 5) is 16.4. The fourth-order valence-electron chi connectivity index (χ4n) is 1.82. The SMILES string of the molecule is CCOC(=O)C1CC(c2ccccc2OC(F)(F)F)=NO1. The second-order valence-electron chi connectivity index (χ2n) is 4.13.